The quantitative estimate of drug-likeness (QED) is 0.809. The van der Waals surface area contributed by atoms with Crippen molar-refractivity contribution in [3.05, 3.63) is 47.0 Å². The van der Waals surface area contributed by atoms with E-state index in [0.717, 1.165) is 30.1 Å². The highest BCUT2D eigenvalue weighted by atomic mass is 16.5. The average molecular weight is 254 g/mol. The van der Waals surface area contributed by atoms with E-state index >= 15 is 0 Å². The molecule has 19 heavy (non-hydrogen) atoms. The molecule has 2 aromatic rings. The highest BCUT2D eigenvalue weighted by molar-refractivity contribution is 5.79. The Morgan fingerprint density at radius 2 is 1.84 bits per heavy atom. The molecular weight excluding hydrogens is 236 g/mol. The summed E-state index contributed by atoms with van der Waals surface area (Å²) in [6.45, 7) is 5.05. The van der Waals surface area contributed by atoms with Gasteiger partial charge in [0.15, 0.2) is 0 Å². The molecule has 2 heteroatoms. The Hall–Kier alpha value is -1.96. The number of rotatable bonds is 2. The monoisotopic (exact) mass is 254 g/mol. The van der Waals surface area contributed by atoms with Crippen LogP contribution in [0.1, 0.15) is 16.7 Å². The van der Waals surface area contributed by atoms with Crippen molar-refractivity contribution >= 4 is 0 Å². The lowest BCUT2D eigenvalue weighted by molar-refractivity contribution is 0.357. The minimum atomic E-state index is 0.764. The lowest BCUT2D eigenvalue weighted by Crippen LogP contribution is -1.94. The van der Waals surface area contributed by atoms with Crippen LogP contribution in [-0.4, -0.2) is 13.7 Å². The Labute approximate surface area is 114 Å². The summed E-state index contributed by atoms with van der Waals surface area (Å²) in [5.74, 6) is 1.93. The van der Waals surface area contributed by atoms with Gasteiger partial charge in [-0.05, 0) is 42.7 Å². The molecule has 1 aliphatic heterocycles. The van der Waals surface area contributed by atoms with Crippen LogP contribution in [0.15, 0.2) is 30.3 Å². The van der Waals surface area contributed by atoms with Crippen LogP contribution in [0.2, 0.25) is 0 Å². The second kappa shape index (κ2) is 4.61. The lowest BCUT2D eigenvalue weighted by atomic mass is 9.93. The first kappa shape index (κ1) is 12.1. The smallest absolute Gasteiger partial charge is 0.130 e. The minimum Gasteiger partial charge on any atom is -0.497 e. The van der Waals surface area contributed by atoms with Gasteiger partial charge >= 0.3 is 0 Å². The molecule has 0 amide bonds. The molecule has 0 unspecified atom stereocenters. The fourth-order valence-electron chi connectivity index (χ4n) is 2.82. The van der Waals surface area contributed by atoms with Crippen molar-refractivity contribution in [2.24, 2.45) is 0 Å². The number of methoxy groups -OCH3 is 1. The molecule has 1 heterocycles. The summed E-state index contributed by atoms with van der Waals surface area (Å²) in [5, 5.41) is 0. The number of benzene rings is 2. The molecule has 0 N–H and O–H groups in total. The number of hydrogen-bond acceptors (Lipinski definition) is 2. The predicted octanol–water partition coefficient (Wildman–Crippen LogP) is 3.91. The largest absolute Gasteiger partial charge is 0.497 e. The topological polar surface area (TPSA) is 18.5 Å². The van der Waals surface area contributed by atoms with Crippen LogP contribution in [-0.2, 0) is 6.42 Å². The van der Waals surface area contributed by atoms with Crippen molar-refractivity contribution in [1.29, 1.82) is 0 Å². The van der Waals surface area contributed by atoms with Crippen molar-refractivity contribution in [1.82, 2.24) is 0 Å². The van der Waals surface area contributed by atoms with Crippen LogP contribution in [0.4, 0.5) is 0 Å². The van der Waals surface area contributed by atoms with Crippen molar-refractivity contribution < 1.29 is 9.47 Å². The summed E-state index contributed by atoms with van der Waals surface area (Å²) >= 11 is 0. The number of fused-ring (bicyclic) bond motifs is 1. The number of ether oxygens (including phenoxy) is 2. The second-order valence-electron chi connectivity index (χ2n) is 5.03. The zero-order valence-corrected chi connectivity index (χ0v) is 11.6. The van der Waals surface area contributed by atoms with Gasteiger partial charge < -0.3 is 9.47 Å². The van der Waals surface area contributed by atoms with Gasteiger partial charge in [-0.1, -0.05) is 18.2 Å². The summed E-state index contributed by atoms with van der Waals surface area (Å²) in [7, 11) is 1.71. The molecule has 2 aromatic carbocycles. The van der Waals surface area contributed by atoms with Crippen LogP contribution in [0.25, 0.3) is 11.1 Å². The third-order valence-corrected chi connectivity index (χ3v) is 3.74. The first-order valence-electron chi connectivity index (χ1n) is 6.61. The van der Waals surface area contributed by atoms with Gasteiger partial charge in [-0.2, -0.15) is 0 Å². The summed E-state index contributed by atoms with van der Waals surface area (Å²) in [6.07, 6.45) is 0.963. The zero-order chi connectivity index (χ0) is 13.4. The van der Waals surface area contributed by atoms with Crippen molar-refractivity contribution in [2.45, 2.75) is 20.3 Å². The molecule has 0 radical (unpaired) electrons. The average Bonchev–Trinajstić information content (AvgIpc) is 2.86. The predicted molar refractivity (Wildman–Crippen MR) is 77.1 cm³/mol. The molecule has 0 fully saturated rings. The van der Waals surface area contributed by atoms with E-state index in [0.29, 0.717) is 0 Å². The molecule has 0 atom stereocenters. The molecule has 0 saturated carbocycles. The van der Waals surface area contributed by atoms with Gasteiger partial charge in [-0.3, -0.25) is 0 Å². The van der Waals surface area contributed by atoms with E-state index in [1.807, 2.05) is 0 Å². The molecular formula is C17H18O2. The fourth-order valence-corrected chi connectivity index (χ4v) is 2.82. The second-order valence-corrected chi connectivity index (χ2v) is 5.03. The van der Waals surface area contributed by atoms with E-state index in [1.54, 1.807) is 7.11 Å². The standard InChI is InChI=1S/C17H18O2/c1-11-5-4-6-12(2)16(11)15-10-14(18-3)9-13-7-8-19-17(13)15/h4-6,9-10H,7-8H2,1-3H3. The number of aryl methyl sites for hydroxylation is 2. The lowest BCUT2D eigenvalue weighted by Gasteiger charge is -2.15. The molecule has 0 aliphatic carbocycles. The Morgan fingerprint density at radius 3 is 2.53 bits per heavy atom. The third-order valence-electron chi connectivity index (χ3n) is 3.74. The van der Waals surface area contributed by atoms with Crippen molar-refractivity contribution in [3.8, 4) is 22.6 Å². The van der Waals surface area contributed by atoms with Gasteiger partial charge in [0.1, 0.15) is 11.5 Å². The highest BCUT2D eigenvalue weighted by Gasteiger charge is 2.21. The van der Waals surface area contributed by atoms with E-state index in [9.17, 15) is 0 Å². The van der Waals surface area contributed by atoms with E-state index in [-0.39, 0.29) is 0 Å². The van der Waals surface area contributed by atoms with Gasteiger partial charge in [-0.15, -0.1) is 0 Å². The molecule has 98 valence electrons. The molecule has 0 spiro atoms. The van der Waals surface area contributed by atoms with E-state index in [1.165, 1.54) is 22.3 Å². The van der Waals surface area contributed by atoms with Crippen LogP contribution in [0, 0.1) is 13.8 Å². The van der Waals surface area contributed by atoms with E-state index < -0.39 is 0 Å². The van der Waals surface area contributed by atoms with Gasteiger partial charge in [-0.25, -0.2) is 0 Å². The van der Waals surface area contributed by atoms with Crippen LogP contribution < -0.4 is 9.47 Å². The fraction of sp³-hybridized carbons (Fsp3) is 0.294. The summed E-state index contributed by atoms with van der Waals surface area (Å²) in [4.78, 5) is 0. The van der Waals surface area contributed by atoms with Crippen molar-refractivity contribution in [3.63, 3.8) is 0 Å². The normalized spacial score (nSPS) is 13.0. The first-order chi connectivity index (χ1) is 9.20. The molecule has 0 saturated heterocycles. The SMILES string of the molecule is COc1cc2c(c(-c3c(C)cccc3C)c1)OCC2. The van der Waals surface area contributed by atoms with Crippen LogP contribution >= 0.6 is 0 Å². The Bertz CT molecular complexity index is 609. The molecule has 1 aliphatic rings. The van der Waals surface area contributed by atoms with Crippen LogP contribution in [0.3, 0.4) is 0 Å². The summed E-state index contributed by atoms with van der Waals surface area (Å²) in [6, 6.07) is 10.5. The zero-order valence-electron chi connectivity index (χ0n) is 11.6. The minimum absolute atomic E-state index is 0.764. The molecule has 0 aromatic heterocycles. The van der Waals surface area contributed by atoms with Gasteiger partial charge in [0, 0.05) is 17.5 Å². The Morgan fingerprint density at radius 1 is 1.11 bits per heavy atom. The van der Waals surface area contributed by atoms with Crippen molar-refractivity contribution in [2.75, 3.05) is 13.7 Å². The summed E-state index contributed by atoms with van der Waals surface area (Å²) < 4.78 is 11.3. The third kappa shape index (κ3) is 1.97. The van der Waals surface area contributed by atoms with E-state index in [2.05, 4.69) is 44.2 Å². The molecule has 3 rings (SSSR count). The number of hydrogen-bond donors (Lipinski definition) is 0. The Balaban J connectivity index is 2.28. The molecule has 2 nitrogen and oxygen atoms in total. The van der Waals surface area contributed by atoms with Gasteiger partial charge in [0.05, 0.1) is 13.7 Å². The maximum absolute atomic E-state index is 5.84. The van der Waals surface area contributed by atoms with E-state index in [4.69, 9.17) is 9.47 Å². The maximum Gasteiger partial charge on any atom is 0.130 e. The summed E-state index contributed by atoms with van der Waals surface area (Å²) in [5.41, 5.74) is 6.20. The molecule has 0 bridgehead atoms. The highest BCUT2D eigenvalue weighted by Crippen LogP contribution is 2.42. The van der Waals surface area contributed by atoms with Crippen LogP contribution in [0.5, 0.6) is 11.5 Å². The van der Waals surface area contributed by atoms with Gasteiger partial charge in [0.2, 0.25) is 0 Å². The first-order valence-corrected chi connectivity index (χ1v) is 6.61. The maximum atomic E-state index is 5.84. The van der Waals surface area contributed by atoms with Gasteiger partial charge in [0.25, 0.3) is 0 Å². The Kier molecular flexibility index (Phi) is 2.94.